The molecule has 0 aromatic carbocycles. The highest BCUT2D eigenvalue weighted by Gasteiger charge is 2.18. The Balaban J connectivity index is 1.99. The highest BCUT2D eigenvalue weighted by Crippen LogP contribution is 2.16. The van der Waals surface area contributed by atoms with E-state index in [-0.39, 0.29) is 5.91 Å². The lowest BCUT2D eigenvalue weighted by atomic mass is 10.2. The molecule has 5 nitrogen and oxygen atoms in total. The third-order valence-corrected chi connectivity index (χ3v) is 3.29. The van der Waals surface area contributed by atoms with Crippen molar-refractivity contribution in [3.63, 3.8) is 0 Å². The maximum atomic E-state index is 11.8. The molecule has 19 heavy (non-hydrogen) atoms. The molecular formula is C14H21N3O2. The molecule has 1 aliphatic rings. The lowest BCUT2D eigenvalue weighted by Crippen LogP contribution is -2.29. The molecule has 5 heteroatoms. The summed E-state index contributed by atoms with van der Waals surface area (Å²) in [4.78, 5) is 19.7. The average molecular weight is 263 g/mol. The SMILES string of the molecule is CN(C)C(=O)c1ccc(N(C)CC2CCCO2)nc1. The number of aromatic nitrogens is 1. The van der Waals surface area contributed by atoms with Crippen molar-refractivity contribution in [3.05, 3.63) is 23.9 Å². The fourth-order valence-corrected chi connectivity index (χ4v) is 2.18. The Hall–Kier alpha value is -1.62. The minimum Gasteiger partial charge on any atom is -0.376 e. The Morgan fingerprint density at radius 2 is 2.21 bits per heavy atom. The Bertz CT molecular complexity index is 425. The van der Waals surface area contributed by atoms with Crippen molar-refractivity contribution in [2.45, 2.75) is 18.9 Å². The second kappa shape index (κ2) is 6.02. The fraction of sp³-hybridized carbons (Fsp3) is 0.571. The first-order valence-corrected chi connectivity index (χ1v) is 6.58. The van der Waals surface area contributed by atoms with Crippen LogP contribution in [-0.4, -0.2) is 56.2 Å². The number of nitrogens with zero attached hydrogens (tertiary/aromatic N) is 3. The van der Waals surface area contributed by atoms with Crippen molar-refractivity contribution >= 4 is 11.7 Å². The molecule has 1 saturated heterocycles. The summed E-state index contributed by atoms with van der Waals surface area (Å²) in [7, 11) is 5.47. The van der Waals surface area contributed by atoms with Gasteiger partial charge >= 0.3 is 0 Å². The van der Waals surface area contributed by atoms with Gasteiger partial charge in [0.15, 0.2) is 0 Å². The predicted octanol–water partition coefficient (Wildman–Crippen LogP) is 1.40. The van der Waals surface area contributed by atoms with E-state index in [0.29, 0.717) is 11.7 Å². The van der Waals surface area contributed by atoms with Crippen LogP contribution in [0.1, 0.15) is 23.2 Å². The standard InChI is InChI=1S/C14H21N3O2/c1-16(2)14(18)11-6-7-13(15-9-11)17(3)10-12-5-4-8-19-12/h6-7,9,12H,4-5,8,10H2,1-3H3. The normalized spacial score (nSPS) is 18.4. The number of rotatable bonds is 4. The molecule has 2 heterocycles. The number of carbonyl (C=O) groups excluding carboxylic acids is 1. The first-order valence-electron chi connectivity index (χ1n) is 6.58. The molecule has 0 spiro atoms. The number of carbonyl (C=O) groups is 1. The quantitative estimate of drug-likeness (QED) is 0.823. The Labute approximate surface area is 114 Å². The fourth-order valence-electron chi connectivity index (χ4n) is 2.18. The maximum Gasteiger partial charge on any atom is 0.254 e. The van der Waals surface area contributed by atoms with Crippen LogP contribution in [0, 0.1) is 0 Å². The monoisotopic (exact) mass is 263 g/mol. The number of anilines is 1. The van der Waals surface area contributed by atoms with E-state index < -0.39 is 0 Å². The van der Waals surface area contributed by atoms with Crippen molar-refractivity contribution < 1.29 is 9.53 Å². The smallest absolute Gasteiger partial charge is 0.254 e. The van der Waals surface area contributed by atoms with Gasteiger partial charge in [0.05, 0.1) is 11.7 Å². The Morgan fingerprint density at radius 1 is 1.42 bits per heavy atom. The zero-order valence-electron chi connectivity index (χ0n) is 11.8. The van der Waals surface area contributed by atoms with Crippen LogP contribution in [0.15, 0.2) is 18.3 Å². The molecule has 1 atom stereocenters. The molecule has 1 unspecified atom stereocenters. The molecule has 0 saturated carbocycles. The van der Waals surface area contributed by atoms with Crippen molar-refractivity contribution in [2.24, 2.45) is 0 Å². The number of likely N-dealkylation sites (N-methyl/N-ethyl adjacent to an activating group) is 1. The van der Waals surface area contributed by atoms with Crippen molar-refractivity contribution in [1.29, 1.82) is 0 Å². The number of hydrogen-bond acceptors (Lipinski definition) is 4. The summed E-state index contributed by atoms with van der Waals surface area (Å²) in [5.74, 6) is 0.839. The summed E-state index contributed by atoms with van der Waals surface area (Å²) in [6, 6.07) is 3.70. The van der Waals surface area contributed by atoms with Gasteiger partial charge in [-0.05, 0) is 25.0 Å². The predicted molar refractivity (Wildman–Crippen MR) is 74.5 cm³/mol. The lowest BCUT2D eigenvalue weighted by molar-refractivity contribution is 0.0827. The first-order chi connectivity index (χ1) is 9.08. The molecule has 2 rings (SSSR count). The summed E-state index contributed by atoms with van der Waals surface area (Å²) < 4.78 is 5.61. The van der Waals surface area contributed by atoms with Gasteiger partial charge in [-0.2, -0.15) is 0 Å². The van der Waals surface area contributed by atoms with Crippen LogP contribution in [0.5, 0.6) is 0 Å². The van der Waals surface area contributed by atoms with Gasteiger partial charge in [0.25, 0.3) is 5.91 Å². The van der Waals surface area contributed by atoms with E-state index in [1.165, 1.54) is 0 Å². The average Bonchev–Trinajstić information content (AvgIpc) is 2.90. The summed E-state index contributed by atoms with van der Waals surface area (Å²) in [5, 5.41) is 0. The summed E-state index contributed by atoms with van der Waals surface area (Å²) in [6.45, 7) is 1.70. The van der Waals surface area contributed by atoms with E-state index in [1.807, 2.05) is 19.2 Å². The summed E-state index contributed by atoms with van der Waals surface area (Å²) in [5.41, 5.74) is 0.610. The van der Waals surface area contributed by atoms with Crippen LogP contribution in [0.2, 0.25) is 0 Å². The molecule has 1 aromatic rings. The van der Waals surface area contributed by atoms with E-state index in [9.17, 15) is 4.79 Å². The largest absolute Gasteiger partial charge is 0.376 e. The van der Waals surface area contributed by atoms with E-state index >= 15 is 0 Å². The summed E-state index contributed by atoms with van der Waals surface area (Å²) >= 11 is 0. The van der Waals surface area contributed by atoms with Crippen LogP contribution in [0.3, 0.4) is 0 Å². The van der Waals surface area contributed by atoms with Crippen LogP contribution >= 0.6 is 0 Å². The second-order valence-electron chi connectivity index (χ2n) is 5.12. The highest BCUT2D eigenvalue weighted by atomic mass is 16.5. The third-order valence-electron chi connectivity index (χ3n) is 3.29. The van der Waals surface area contributed by atoms with Crippen LogP contribution in [-0.2, 0) is 4.74 Å². The highest BCUT2D eigenvalue weighted by molar-refractivity contribution is 5.93. The van der Waals surface area contributed by atoms with Crippen molar-refractivity contribution in [3.8, 4) is 0 Å². The van der Waals surface area contributed by atoms with Gasteiger partial charge in [-0.3, -0.25) is 4.79 Å². The molecular weight excluding hydrogens is 242 g/mol. The van der Waals surface area contributed by atoms with Gasteiger partial charge in [0, 0.05) is 40.5 Å². The van der Waals surface area contributed by atoms with Gasteiger partial charge in [-0.15, -0.1) is 0 Å². The molecule has 0 aliphatic carbocycles. The zero-order chi connectivity index (χ0) is 13.8. The Morgan fingerprint density at radius 3 is 2.74 bits per heavy atom. The number of amides is 1. The lowest BCUT2D eigenvalue weighted by Gasteiger charge is -2.21. The molecule has 104 valence electrons. The van der Waals surface area contributed by atoms with E-state index in [1.54, 1.807) is 25.2 Å². The molecule has 0 radical (unpaired) electrons. The van der Waals surface area contributed by atoms with Crippen molar-refractivity contribution in [1.82, 2.24) is 9.88 Å². The van der Waals surface area contributed by atoms with E-state index in [4.69, 9.17) is 4.74 Å². The molecule has 1 aromatic heterocycles. The number of hydrogen-bond donors (Lipinski definition) is 0. The molecule has 0 N–H and O–H groups in total. The number of ether oxygens (including phenoxy) is 1. The maximum absolute atomic E-state index is 11.8. The van der Waals surface area contributed by atoms with Crippen molar-refractivity contribution in [2.75, 3.05) is 39.2 Å². The van der Waals surface area contributed by atoms with E-state index in [0.717, 1.165) is 31.8 Å². The molecule has 0 bridgehead atoms. The molecule has 1 amide bonds. The van der Waals surface area contributed by atoms with Gasteiger partial charge < -0.3 is 14.5 Å². The topological polar surface area (TPSA) is 45.7 Å². The molecule has 1 fully saturated rings. The second-order valence-corrected chi connectivity index (χ2v) is 5.12. The van der Waals surface area contributed by atoms with E-state index in [2.05, 4.69) is 9.88 Å². The number of pyridine rings is 1. The zero-order valence-corrected chi connectivity index (χ0v) is 11.8. The van der Waals surface area contributed by atoms with Crippen LogP contribution in [0.4, 0.5) is 5.82 Å². The Kier molecular flexibility index (Phi) is 4.37. The molecule has 1 aliphatic heterocycles. The van der Waals surface area contributed by atoms with Gasteiger partial charge in [0.2, 0.25) is 0 Å². The summed E-state index contributed by atoms with van der Waals surface area (Å²) in [6.07, 6.45) is 4.18. The van der Waals surface area contributed by atoms with Gasteiger partial charge in [-0.25, -0.2) is 4.98 Å². The minimum absolute atomic E-state index is 0.0270. The van der Waals surface area contributed by atoms with Crippen LogP contribution in [0.25, 0.3) is 0 Å². The van der Waals surface area contributed by atoms with Crippen LogP contribution < -0.4 is 4.90 Å². The van der Waals surface area contributed by atoms with Gasteiger partial charge in [0.1, 0.15) is 5.82 Å². The van der Waals surface area contributed by atoms with Gasteiger partial charge in [-0.1, -0.05) is 0 Å². The first kappa shape index (κ1) is 13.8. The minimum atomic E-state index is -0.0270. The third kappa shape index (κ3) is 3.44.